The van der Waals surface area contributed by atoms with Crippen LogP contribution in [0.2, 0.25) is 0 Å². The normalized spacial score (nSPS) is 10.3. The van der Waals surface area contributed by atoms with Crippen molar-refractivity contribution in [3.8, 4) is 0 Å². The van der Waals surface area contributed by atoms with Crippen molar-refractivity contribution in [2.75, 3.05) is 17.7 Å². The third-order valence-electron chi connectivity index (χ3n) is 4.41. The largest absolute Gasteiger partial charge is 0.478 e. The van der Waals surface area contributed by atoms with Gasteiger partial charge in [-0.25, -0.2) is 14.6 Å². The number of nitrogens with zero attached hydrogens (tertiary/aromatic N) is 1. The lowest BCUT2D eigenvalue weighted by atomic mass is 10.1. The highest BCUT2D eigenvalue weighted by atomic mass is 16.4. The molecule has 0 spiro atoms. The van der Waals surface area contributed by atoms with Gasteiger partial charge in [-0.15, -0.1) is 0 Å². The molecule has 0 bridgehead atoms. The van der Waals surface area contributed by atoms with Crippen molar-refractivity contribution in [1.29, 1.82) is 0 Å². The molecule has 11 heteroatoms. The van der Waals surface area contributed by atoms with Crippen LogP contribution >= 0.6 is 0 Å². The van der Waals surface area contributed by atoms with Gasteiger partial charge in [0.05, 0.1) is 5.56 Å². The number of aromatic carboxylic acids is 1. The number of hydrogen-bond acceptors (Lipinski definition) is 5. The average molecular weight is 436 g/mol. The molecule has 7 N–H and O–H groups in total. The molecule has 164 valence electrons. The van der Waals surface area contributed by atoms with Gasteiger partial charge in [0.2, 0.25) is 0 Å². The Morgan fingerprint density at radius 2 is 1.75 bits per heavy atom. The fraction of sp³-hybridized carbons (Fsp3) is 0.0952. The first-order valence-electron chi connectivity index (χ1n) is 9.38. The number of aromatic amines is 1. The molecule has 3 rings (SSSR count). The molecule has 0 aliphatic heterocycles. The number of H-pyrrole nitrogens is 1. The minimum atomic E-state index is -1.04. The highest BCUT2D eigenvalue weighted by molar-refractivity contribution is 6.05. The summed E-state index contributed by atoms with van der Waals surface area (Å²) in [7, 11) is 1.50. The number of urea groups is 1. The van der Waals surface area contributed by atoms with Gasteiger partial charge in [0.25, 0.3) is 11.8 Å². The second-order valence-electron chi connectivity index (χ2n) is 6.69. The molecule has 0 saturated heterocycles. The van der Waals surface area contributed by atoms with Crippen molar-refractivity contribution < 1.29 is 24.3 Å². The van der Waals surface area contributed by atoms with Crippen LogP contribution in [0.4, 0.5) is 16.3 Å². The zero-order chi connectivity index (χ0) is 23.3. The Morgan fingerprint density at radius 3 is 2.38 bits per heavy atom. The predicted octanol–water partition coefficient (Wildman–Crippen LogP) is 1.80. The van der Waals surface area contributed by atoms with E-state index in [1.807, 2.05) is 0 Å². The molecule has 0 unspecified atom stereocenters. The van der Waals surface area contributed by atoms with Gasteiger partial charge in [0.1, 0.15) is 11.6 Å². The van der Waals surface area contributed by atoms with E-state index in [2.05, 4.69) is 25.9 Å². The van der Waals surface area contributed by atoms with Gasteiger partial charge in [0, 0.05) is 24.7 Å². The third-order valence-corrected chi connectivity index (χ3v) is 4.41. The summed E-state index contributed by atoms with van der Waals surface area (Å²) >= 11 is 0. The number of anilines is 2. The van der Waals surface area contributed by atoms with E-state index in [0.29, 0.717) is 17.1 Å². The van der Waals surface area contributed by atoms with Crippen molar-refractivity contribution in [3.05, 3.63) is 76.7 Å². The molecule has 0 aliphatic rings. The summed E-state index contributed by atoms with van der Waals surface area (Å²) in [6, 6.07) is 11.8. The fourth-order valence-electron chi connectivity index (χ4n) is 2.89. The Kier molecular flexibility index (Phi) is 6.49. The standard InChI is InChI=1S/C21H20N6O5/c1-23-19(29)13-3-2-4-14(10-13)24-21(32)27-18-16(17(22)28)25-15(26-18)9-11-5-7-12(8-6-11)20(30)31/h2-8,10H,9H2,1H3,(H2,22,28)(H,23,29)(H,25,26)(H,30,31)(H2,24,27,32). The number of rotatable bonds is 7. The third kappa shape index (κ3) is 5.27. The first-order chi connectivity index (χ1) is 15.3. The number of amides is 4. The number of nitrogens with two attached hydrogens (primary N) is 1. The summed E-state index contributed by atoms with van der Waals surface area (Å²) in [4.78, 5) is 53.8. The van der Waals surface area contributed by atoms with E-state index in [4.69, 9.17) is 10.8 Å². The maximum Gasteiger partial charge on any atom is 0.335 e. The number of hydrogen-bond donors (Lipinski definition) is 6. The summed E-state index contributed by atoms with van der Waals surface area (Å²) in [6.45, 7) is 0. The molecule has 0 atom stereocenters. The number of carbonyl (C=O) groups excluding carboxylic acids is 3. The first kappa shape index (κ1) is 22.0. The lowest BCUT2D eigenvalue weighted by Gasteiger charge is -2.08. The molecule has 0 aliphatic carbocycles. The van der Waals surface area contributed by atoms with Gasteiger partial charge in [-0.2, -0.15) is 0 Å². The molecule has 0 saturated carbocycles. The summed E-state index contributed by atoms with van der Waals surface area (Å²) < 4.78 is 0. The van der Waals surface area contributed by atoms with Gasteiger partial charge in [-0.1, -0.05) is 18.2 Å². The van der Waals surface area contributed by atoms with E-state index in [1.54, 1.807) is 30.3 Å². The number of primary amides is 1. The quantitative estimate of drug-likeness (QED) is 0.328. The molecular weight excluding hydrogens is 416 g/mol. The molecule has 1 heterocycles. The molecule has 0 fully saturated rings. The Hall–Kier alpha value is -4.67. The van der Waals surface area contributed by atoms with E-state index in [0.717, 1.165) is 5.56 Å². The number of carbonyl (C=O) groups is 4. The minimum Gasteiger partial charge on any atom is -0.478 e. The fourth-order valence-corrected chi connectivity index (χ4v) is 2.89. The van der Waals surface area contributed by atoms with Crippen molar-refractivity contribution in [2.24, 2.45) is 5.73 Å². The Bertz CT molecular complexity index is 1190. The van der Waals surface area contributed by atoms with Gasteiger partial charge >= 0.3 is 12.0 Å². The number of carboxylic acids is 1. The second kappa shape index (κ2) is 9.43. The molecule has 3 aromatic rings. The molecule has 1 aromatic heterocycles. The number of benzene rings is 2. The van der Waals surface area contributed by atoms with E-state index in [9.17, 15) is 19.2 Å². The van der Waals surface area contributed by atoms with Crippen LogP contribution in [0.3, 0.4) is 0 Å². The van der Waals surface area contributed by atoms with Crippen LogP contribution < -0.4 is 21.7 Å². The van der Waals surface area contributed by atoms with E-state index < -0.39 is 17.9 Å². The zero-order valence-electron chi connectivity index (χ0n) is 16.9. The smallest absolute Gasteiger partial charge is 0.335 e. The Balaban J connectivity index is 1.74. The highest BCUT2D eigenvalue weighted by Crippen LogP contribution is 2.17. The van der Waals surface area contributed by atoms with Crippen molar-refractivity contribution in [3.63, 3.8) is 0 Å². The Labute approximate surface area is 182 Å². The van der Waals surface area contributed by atoms with Crippen LogP contribution in [0.25, 0.3) is 0 Å². The number of aromatic nitrogens is 2. The summed E-state index contributed by atoms with van der Waals surface area (Å²) in [5, 5.41) is 16.5. The predicted molar refractivity (Wildman–Crippen MR) is 116 cm³/mol. The lowest BCUT2D eigenvalue weighted by Crippen LogP contribution is -2.23. The van der Waals surface area contributed by atoms with E-state index in [1.165, 1.54) is 25.2 Å². The number of nitrogens with one attached hydrogen (secondary N) is 4. The number of carboxylic acid groups (broad SMARTS) is 1. The average Bonchev–Trinajstić information content (AvgIpc) is 3.15. The van der Waals surface area contributed by atoms with Crippen LogP contribution in [0.15, 0.2) is 48.5 Å². The Morgan fingerprint density at radius 1 is 1.03 bits per heavy atom. The summed E-state index contributed by atoms with van der Waals surface area (Å²) in [6.07, 6.45) is 0.248. The molecule has 11 nitrogen and oxygen atoms in total. The molecular formula is C21H20N6O5. The first-order valence-corrected chi connectivity index (χ1v) is 9.38. The van der Waals surface area contributed by atoms with Gasteiger partial charge in [0.15, 0.2) is 5.69 Å². The van der Waals surface area contributed by atoms with Gasteiger partial charge < -0.3 is 26.5 Å². The molecule has 0 radical (unpaired) electrons. The van der Waals surface area contributed by atoms with Gasteiger partial charge in [-0.3, -0.25) is 14.9 Å². The molecule has 4 amide bonds. The van der Waals surface area contributed by atoms with Crippen LogP contribution in [-0.4, -0.2) is 45.9 Å². The lowest BCUT2D eigenvalue weighted by molar-refractivity contribution is 0.0696. The molecule has 32 heavy (non-hydrogen) atoms. The van der Waals surface area contributed by atoms with Crippen molar-refractivity contribution in [1.82, 2.24) is 15.3 Å². The summed E-state index contributed by atoms with van der Waals surface area (Å²) in [5.41, 5.74) is 6.82. The highest BCUT2D eigenvalue weighted by Gasteiger charge is 2.18. The van der Waals surface area contributed by atoms with Gasteiger partial charge in [-0.05, 0) is 35.9 Å². The summed E-state index contributed by atoms with van der Waals surface area (Å²) in [5.74, 6) is -1.83. The van der Waals surface area contributed by atoms with Crippen LogP contribution in [0.1, 0.15) is 42.6 Å². The topological polar surface area (TPSA) is 179 Å². The minimum absolute atomic E-state index is 0.00890. The maximum atomic E-state index is 12.4. The van der Waals surface area contributed by atoms with Crippen LogP contribution in [0, 0.1) is 0 Å². The van der Waals surface area contributed by atoms with Crippen LogP contribution in [0.5, 0.6) is 0 Å². The second-order valence-corrected chi connectivity index (χ2v) is 6.69. The monoisotopic (exact) mass is 436 g/mol. The number of imidazole rings is 1. The van der Waals surface area contributed by atoms with E-state index >= 15 is 0 Å². The molecule has 2 aromatic carbocycles. The SMILES string of the molecule is CNC(=O)c1cccc(NC(=O)Nc2[nH]c(Cc3ccc(C(=O)O)cc3)nc2C(N)=O)c1. The van der Waals surface area contributed by atoms with Crippen LogP contribution in [-0.2, 0) is 6.42 Å². The maximum absolute atomic E-state index is 12.4. The van der Waals surface area contributed by atoms with Crippen molar-refractivity contribution >= 4 is 35.3 Å². The van der Waals surface area contributed by atoms with E-state index in [-0.39, 0.29) is 29.4 Å². The zero-order valence-corrected chi connectivity index (χ0v) is 16.9. The van der Waals surface area contributed by atoms with Crippen molar-refractivity contribution in [2.45, 2.75) is 6.42 Å².